The molecule has 0 aromatic heterocycles. The Bertz CT molecular complexity index is 348. The minimum absolute atomic E-state index is 0. The fourth-order valence-corrected chi connectivity index (χ4v) is 2.36. The fourth-order valence-electron chi connectivity index (χ4n) is 2.36. The van der Waals surface area contributed by atoms with Gasteiger partial charge < -0.3 is 10.1 Å². The summed E-state index contributed by atoms with van der Waals surface area (Å²) >= 11 is 0. The number of methoxy groups -OCH3 is 1. The predicted molar refractivity (Wildman–Crippen MR) is 69.1 cm³/mol. The minimum atomic E-state index is -0.152. The van der Waals surface area contributed by atoms with Gasteiger partial charge in [-0.15, -0.1) is 12.4 Å². The Morgan fingerprint density at radius 2 is 2.29 bits per heavy atom. The largest absolute Gasteiger partial charge is 0.380 e. The third-order valence-electron chi connectivity index (χ3n) is 3.25. The molecule has 0 unspecified atom stereocenters. The van der Waals surface area contributed by atoms with Gasteiger partial charge in [-0.3, -0.25) is 0 Å². The molecule has 2 nitrogen and oxygen atoms in total. The third-order valence-corrected chi connectivity index (χ3v) is 3.25. The maximum absolute atomic E-state index is 13.1. The molecule has 4 heteroatoms. The molecule has 1 N–H and O–H groups in total. The molecule has 1 aromatic carbocycles. The van der Waals surface area contributed by atoms with E-state index in [1.807, 2.05) is 6.07 Å². The standard InChI is InChI=1S/C13H18FNO.ClH/c1-16-13-9-15-6-5-11(13)7-10-3-2-4-12(14)8-10;/h2-4,8,11,13,15H,5-7,9H2,1H3;1H/t11-,13-;/m1./s1. The van der Waals surface area contributed by atoms with Crippen LogP contribution in [-0.4, -0.2) is 26.3 Å². The van der Waals surface area contributed by atoms with E-state index in [0.717, 1.165) is 31.5 Å². The maximum Gasteiger partial charge on any atom is 0.123 e. The van der Waals surface area contributed by atoms with Crippen molar-refractivity contribution in [1.82, 2.24) is 5.32 Å². The van der Waals surface area contributed by atoms with Crippen LogP contribution in [0.3, 0.4) is 0 Å². The van der Waals surface area contributed by atoms with Crippen LogP contribution in [0.25, 0.3) is 0 Å². The smallest absolute Gasteiger partial charge is 0.123 e. The Morgan fingerprint density at radius 1 is 1.47 bits per heavy atom. The SMILES string of the molecule is CO[C@@H]1CNCC[C@@H]1Cc1cccc(F)c1.Cl. The van der Waals surface area contributed by atoms with E-state index in [0.29, 0.717) is 5.92 Å². The van der Waals surface area contributed by atoms with E-state index in [1.165, 1.54) is 6.07 Å². The molecule has 0 aliphatic carbocycles. The van der Waals surface area contributed by atoms with Gasteiger partial charge >= 0.3 is 0 Å². The molecule has 1 aromatic rings. The van der Waals surface area contributed by atoms with E-state index >= 15 is 0 Å². The second-order valence-corrected chi connectivity index (χ2v) is 4.36. The third kappa shape index (κ3) is 3.95. The van der Waals surface area contributed by atoms with E-state index in [2.05, 4.69) is 5.32 Å². The van der Waals surface area contributed by atoms with Crippen molar-refractivity contribution in [2.75, 3.05) is 20.2 Å². The molecule has 17 heavy (non-hydrogen) atoms. The minimum Gasteiger partial charge on any atom is -0.380 e. The summed E-state index contributed by atoms with van der Waals surface area (Å²) in [6.45, 7) is 1.93. The second-order valence-electron chi connectivity index (χ2n) is 4.36. The van der Waals surface area contributed by atoms with Crippen molar-refractivity contribution in [3.8, 4) is 0 Å². The Labute approximate surface area is 108 Å². The molecule has 1 aliphatic rings. The molecule has 96 valence electrons. The van der Waals surface area contributed by atoms with Crippen LogP contribution in [0.4, 0.5) is 4.39 Å². The summed E-state index contributed by atoms with van der Waals surface area (Å²) in [5.41, 5.74) is 1.06. The van der Waals surface area contributed by atoms with Gasteiger partial charge in [0.25, 0.3) is 0 Å². The van der Waals surface area contributed by atoms with E-state index in [4.69, 9.17) is 4.74 Å². The summed E-state index contributed by atoms with van der Waals surface area (Å²) in [4.78, 5) is 0. The molecular weight excluding hydrogens is 241 g/mol. The molecule has 2 atom stereocenters. The van der Waals surface area contributed by atoms with E-state index in [9.17, 15) is 4.39 Å². The number of piperidine rings is 1. The summed E-state index contributed by atoms with van der Waals surface area (Å²) < 4.78 is 18.5. The fraction of sp³-hybridized carbons (Fsp3) is 0.538. The lowest BCUT2D eigenvalue weighted by molar-refractivity contribution is 0.0341. The highest BCUT2D eigenvalue weighted by atomic mass is 35.5. The van der Waals surface area contributed by atoms with Crippen LogP contribution in [-0.2, 0) is 11.2 Å². The number of nitrogens with one attached hydrogen (secondary N) is 1. The first-order valence-electron chi connectivity index (χ1n) is 5.77. The zero-order valence-corrected chi connectivity index (χ0v) is 10.8. The van der Waals surface area contributed by atoms with Gasteiger partial charge in [-0.05, 0) is 43.0 Å². The maximum atomic E-state index is 13.1. The Morgan fingerprint density at radius 3 is 3.00 bits per heavy atom. The molecule has 0 radical (unpaired) electrons. The van der Waals surface area contributed by atoms with Gasteiger partial charge in [-0.25, -0.2) is 4.39 Å². The highest BCUT2D eigenvalue weighted by Crippen LogP contribution is 2.20. The molecular formula is C13H19ClFNO. The highest BCUT2D eigenvalue weighted by Gasteiger charge is 2.24. The average Bonchev–Trinajstić information content (AvgIpc) is 2.30. The summed E-state index contributed by atoms with van der Waals surface area (Å²) in [5, 5.41) is 3.31. The van der Waals surface area contributed by atoms with Crippen LogP contribution in [0.5, 0.6) is 0 Å². The van der Waals surface area contributed by atoms with Crippen LogP contribution >= 0.6 is 12.4 Å². The normalized spacial score (nSPS) is 24.1. The summed E-state index contributed by atoms with van der Waals surface area (Å²) in [5.74, 6) is 0.341. The second kappa shape index (κ2) is 6.94. The summed E-state index contributed by atoms with van der Waals surface area (Å²) in [6, 6.07) is 6.86. The van der Waals surface area contributed by atoms with Gasteiger partial charge in [0.2, 0.25) is 0 Å². The number of ether oxygens (including phenoxy) is 1. The van der Waals surface area contributed by atoms with Crippen LogP contribution in [0.1, 0.15) is 12.0 Å². The Balaban J connectivity index is 0.00000144. The van der Waals surface area contributed by atoms with Crippen molar-refractivity contribution >= 4 is 12.4 Å². The lowest BCUT2D eigenvalue weighted by Crippen LogP contribution is -2.42. The monoisotopic (exact) mass is 259 g/mol. The summed E-state index contributed by atoms with van der Waals surface area (Å²) in [7, 11) is 1.75. The molecule has 1 aliphatic heterocycles. The van der Waals surface area contributed by atoms with Crippen molar-refractivity contribution < 1.29 is 9.13 Å². The van der Waals surface area contributed by atoms with E-state index < -0.39 is 0 Å². The number of hydrogen-bond donors (Lipinski definition) is 1. The van der Waals surface area contributed by atoms with Gasteiger partial charge in [0.05, 0.1) is 6.10 Å². The van der Waals surface area contributed by atoms with Gasteiger partial charge in [-0.2, -0.15) is 0 Å². The first-order chi connectivity index (χ1) is 7.79. The van der Waals surface area contributed by atoms with Crippen molar-refractivity contribution in [1.29, 1.82) is 0 Å². The first-order valence-corrected chi connectivity index (χ1v) is 5.77. The van der Waals surface area contributed by atoms with E-state index in [1.54, 1.807) is 19.2 Å². The number of benzene rings is 1. The lowest BCUT2D eigenvalue weighted by Gasteiger charge is -2.31. The van der Waals surface area contributed by atoms with Crippen molar-refractivity contribution in [2.24, 2.45) is 5.92 Å². The molecule has 1 heterocycles. The van der Waals surface area contributed by atoms with Crippen LogP contribution in [0, 0.1) is 11.7 Å². The van der Waals surface area contributed by atoms with Gasteiger partial charge in [0.15, 0.2) is 0 Å². The summed E-state index contributed by atoms with van der Waals surface area (Å²) in [6.07, 6.45) is 2.24. The zero-order chi connectivity index (χ0) is 11.4. The van der Waals surface area contributed by atoms with Crippen molar-refractivity contribution in [3.63, 3.8) is 0 Å². The predicted octanol–water partition coefficient (Wildman–Crippen LogP) is 2.41. The molecule has 0 saturated carbocycles. The molecule has 0 amide bonds. The Kier molecular flexibility index (Phi) is 5.89. The molecule has 2 rings (SSSR count). The molecule has 1 saturated heterocycles. The first kappa shape index (κ1) is 14.4. The van der Waals surface area contributed by atoms with Crippen LogP contribution < -0.4 is 5.32 Å². The van der Waals surface area contributed by atoms with Gasteiger partial charge in [-0.1, -0.05) is 12.1 Å². The lowest BCUT2D eigenvalue weighted by atomic mass is 9.88. The van der Waals surface area contributed by atoms with Crippen molar-refractivity contribution in [2.45, 2.75) is 18.9 Å². The van der Waals surface area contributed by atoms with Crippen LogP contribution in [0.2, 0.25) is 0 Å². The average molecular weight is 260 g/mol. The van der Waals surface area contributed by atoms with Gasteiger partial charge in [0, 0.05) is 13.7 Å². The number of rotatable bonds is 3. The molecule has 1 fully saturated rings. The molecule has 0 spiro atoms. The zero-order valence-electron chi connectivity index (χ0n) is 9.99. The Hall–Kier alpha value is -0.640. The number of halogens is 2. The van der Waals surface area contributed by atoms with Crippen molar-refractivity contribution in [3.05, 3.63) is 35.6 Å². The molecule has 0 bridgehead atoms. The van der Waals surface area contributed by atoms with Crippen LogP contribution in [0.15, 0.2) is 24.3 Å². The number of hydrogen-bond acceptors (Lipinski definition) is 2. The topological polar surface area (TPSA) is 21.3 Å². The van der Waals surface area contributed by atoms with Gasteiger partial charge in [0.1, 0.15) is 5.82 Å². The highest BCUT2D eigenvalue weighted by molar-refractivity contribution is 5.85. The quantitative estimate of drug-likeness (QED) is 0.900. The van der Waals surface area contributed by atoms with E-state index in [-0.39, 0.29) is 24.3 Å².